The molecule has 1 saturated carbocycles. The predicted molar refractivity (Wildman–Crippen MR) is 83.6 cm³/mol. The summed E-state index contributed by atoms with van der Waals surface area (Å²) in [6, 6.07) is 8.37. The lowest BCUT2D eigenvalue weighted by Gasteiger charge is -2.14. The molecule has 1 fully saturated rings. The van der Waals surface area contributed by atoms with E-state index in [9.17, 15) is 4.79 Å². The van der Waals surface area contributed by atoms with Crippen molar-refractivity contribution < 1.29 is 9.53 Å². The van der Waals surface area contributed by atoms with E-state index in [0.29, 0.717) is 25.5 Å². The van der Waals surface area contributed by atoms with Crippen molar-refractivity contribution in [3.8, 4) is 0 Å². The zero-order chi connectivity index (χ0) is 15.1. The van der Waals surface area contributed by atoms with E-state index in [1.54, 1.807) is 0 Å². The Labute approximate surface area is 127 Å². The third kappa shape index (κ3) is 5.14. The zero-order valence-electron chi connectivity index (χ0n) is 12.8. The van der Waals surface area contributed by atoms with Gasteiger partial charge in [-0.1, -0.05) is 30.7 Å². The topological polar surface area (TPSA) is 64.3 Å². The van der Waals surface area contributed by atoms with Crippen LogP contribution in [0.2, 0.25) is 0 Å². The maximum Gasteiger partial charge on any atom is 0.220 e. The molecule has 3 N–H and O–H groups in total. The molecule has 2 atom stereocenters. The molecule has 1 aromatic carbocycles. The fourth-order valence-electron chi connectivity index (χ4n) is 2.80. The van der Waals surface area contributed by atoms with E-state index in [1.807, 2.05) is 31.2 Å². The normalized spacial score (nSPS) is 21.4. The number of nitrogens with two attached hydrogens (primary N) is 1. The van der Waals surface area contributed by atoms with Crippen LogP contribution in [0.15, 0.2) is 24.3 Å². The highest BCUT2D eigenvalue weighted by Crippen LogP contribution is 2.26. The van der Waals surface area contributed by atoms with Crippen LogP contribution >= 0.6 is 0 Å². The largest absolute Gasteiger partial charge is 0.377 e. The summed E-state index contributed by atoms with van der Waals surface area (Å²) in [4.78, 5) is 11.9. The van der Waals surface area contributed by atoms with Gasteiger partial charge in [-0.3, -0.25) is 4.79 Å². The van der Waals surface area contributed by atoms with Crippen molar-refractivity contribution in [2.24, 2.45) is 11.7 Å². The third-order valence-electron chi connectivity index (χ3n) is 4.15. The van der Waals surface area contributed by atoms with Gasteiger partial charge in [0.2, 0.25) is 5.91 Å². The van der Waals surface area contributed by atoms with Gasteiger partial charge in [0.1, 0.15) is 0 Å². The third-order valence-corrected chi connectivity index (χ3v) is 4.15. The van der Waals surface area contributed by atoms with Gasteiger partial charge in [-0.15, -0.1) is 0 Å². The van der Waals surface area contributed by atoms with Crippen molar-refractivity contribution in [2.45, 2.75) is 51.8 Å². The van der Waals surface area contributed by atoms with Crippen molar-refractivity contribution in [3.63, 3.8) is 0 Å². The number of hydrogen-bond donors (Lipinski definition) is 2. The summed E-state index contributed by atoms with van der Waals surface area (Å²) < 4.78 is 5.36. The van der Waals surface area contributed by atoms with Gasteiger partial charge in [0, 0.05) is 25.6 Å². The van der Waals surface area contributed by atoms with Crippen LogP contribution in [0.4, 0.5) is 0 Å². The second-order valence-corrected chi connectivity index (χ2v) is 5.79. The van der Waals surface area contributed by atoms with E-state index in [1.165, 1.54) is 0 Å². The molecule has 1 aliphatic carbocycles. The van der Waals surface area contributed by atoms with Gasteiger partial charge in [-0.2, -0.15) is 0 Å². The lowest BCUT2D eigenvalue weighted by Crippen LogP contribution is -2.31. The fraction of sp³-hybridized carbons (Fsp3) is 0.588. The highest BCUT2D eigenvalue weighted by molar-refractivity contribution is 5.76. The summed E-state index contributed by atoms with van der Waals surface area (Å²) in [5, 5.41) is 2.98. The van der Waals surface area contributed by atoms with Crippen LogP contribution in [-0.4, -0.2) is 18.6 Å². The Balaban J connectivity index is 1.73. The Kier molecular flexibility index (Phi) is 6.21. The van der Waals surface area contributed by atoms with E-state index >= 15 is 0 Å². The molecular weight excluding hydrogens is 264 g/mol. The molecule has 1 aromatic rings. The molecule has 0 bridgehead atoms. The Morgan fingerprint density at radius 1 is 1.29 bits per heavy atom. The first-order valence-electron chi connectivity index (χ1n) is 7.87. The maximum atomic E-state index is 11.9. The van der Waals surface area contributed by atoms with Crippen molar-refractivity contribution in [1.29, 1.82) is 0 Å². The lowest BCUT2D eigenvalue weighted by atomic mass is 10.00. The highest BCUT2D eigenvalue weighted by atomic mass is 16.5. The first kappa shape index (κ1) is 16.0. The van der Waals surface area contributed by atoms with Gasteiger partial charge < -0.3 is 15.8 Å². The molecule has 0 heterocycles. The quantitative estimate of drug-likeness (QED) is 0.810. The SMILES string of the molecule is CCOCc1ccc(CNC(=O)C[C@@H]2CCC[C@H]2N)cc1. The molecular formula is C17H26N2O2. The summed E-state index contributed by atoms with van der Waals surface area (Å²) in [6.07, 6.45) is 3.85. The van der Waals surface area contributed by atoms with Crippen molar-refractivity contribution in [2.75, 3.05) is 6.61 Å². The summed E-state index contributed by atoms with van der Waals surface area (Å²) in [6.45, 7) is 3.93. The molecule has 0 saturated heterocycles. The smallest absolute Gasteiger partial charge is 0.220 e. The molecule has 4 nitrogen and oxygen atoms in total. The molecule has 4 heteroatoms. The average molecular weight is 290 g/mol. The zero-order valence-corrected chi connectivity index (χ0v) is 12.8. The van der Waals surface area contributed by atoms with E-state index in [-0.39, 0.29) is 11.9 Å². The van der Waals surface area contributed by atoms with E-state index < -0.39 is 0 Å². The Hall–Kier alpha value is -1.39. The van der Waals surface area contributed by atoms with Gasteiger partial charge in [0.15, 0.2) is 0 Å². The van der Waals surface area contributed by atoms with Gasteiger partial charge >= 0.3 is 0 Å². The number of ether oxygens (including phenoxy) is 1. The van der Waals surface area contributed by atoms with E-state index in [2.05, 4.69) is 5.32 Å². The number of rotatable bonds is 7. The minimum absolute atomic E-state index is 0.107. The van der Waals surface area contributed by atoms with Gasteiger partial charge in [0.25, 0.3) is 0 Å². The van der Waals surface area contributed by atoms with Crippen LogP contribution in [0, 0.1) is 5.92 Å². The molecule has 0 spiro atoms. The molecule has 0 radical (unpaired) electrons. The Bertz CT molecular complexity index is 445. The number of carbonyl (C=O) groups is 1. The summed E-state index contributed by atoms with van der Waals surface area (Å²) in [5.74, 6) is 0.467. The number of nitrogens with one attached hydrogen (secondary N) is 1. The molecule has 0 unspecified atom stereocenters. The van der Waals surface area contributed by atoms with Crippen LogP contribution in [0.1, 0.15) is 43.7 Å². The number of hydrogen-bond acceptors (Lipinski definition) is 3. The molecule has 0 aliphatic heterocycles. The standard InChI is InChI=1S/C17H26N2O2/c1-2-21-12-14-8-6-13(7-9-14)11-19-17(20)10-15-4-3-5-16(15)18/h6-9,15-16H,2-5,10-12,18H2,1H3,(H,19,20)/t15-,16+/m0/s1. The molecule has 1 aliphatic rings. The van der Waals surface area contributed by atoms with Crippen molar-refractivity contribution in [1.82, 2.24) is 5.32 Å². The highest BCUT2D eigenvalue weighted by Gasteiger charge is 2.25. The molecule has 2 rings (SSSR count). The lowest BCUT2D eigenvalue weighted by molar-refractivity contribution is -0.122. The summed E-state index contributed by atoms with van der Waals surface area (Å²) >= 11 is 0. The maximum absolute atomic E-state index is 11.9. The van der Waals surface area contributed by atoms with Crippen LogP contribution in [0.5, 0.6) is 0 Å². The number of amides is 1. The average Bonchev–Trinajstić information content (AvgIpc) is 2.89. The summed E-state index contributed by atoms with van der Waals surface area (Å²) in [5.41, 5.74) is 8.27. The number of carbonyl (C=O) groups excluding carboxylic acids is 1. The first-order valence-corrected chi connectivity index (χ1v) is 7.87. The van der Waals surface area contributed by atoms with Crippen LogP contribution < -0.4 is 11.1 Å². The van der Waals surface area contributed by atoms with E-state index in [0.717, 1.165) is 37.0 Å². The Morgan fingerprint density at radius 2 is 2.00 bits per heavy atom. The van der Waals surface area contributed by atoms with Gasteiger partial charge in [0.05, 0.1) is 6.61 Å². The summed E-state index contributed by atoms with van der Waals surface area (Å²) in [7, 11) is 0. The first-order chi connectivity index (χ1) is 10.2. The molecule has 0 aromatic heterocycles. The molecule has 1 amide bonds. The Morgan fingerprint density at radius 3 is 2.62 bits per heavy atom. The van der Waals surface area contributed by atoms with Crippen LogP contribution in [0.3, 0.4) is 0 Å². The predicted octanol–water partition coefficient (Wildman–Crippen LogP) is 2.36. The minimum atomic E-state index is 0.107. The van der Waals surface area contributed by atoms with Crippen LogP contribution in [0.25, 0.3) is 0 Å². The fourth-order valence-corrected chi connectivity index (χ4v) is 2.80. The molecule has 116 valence electrons. The van der Waals surface area contributed by atoms with Gasteiger partial charge in [-0.05, 0) is 36.8 Å². The number of benzene rings is 1. The van der Waals surface area contributed by atoms with Crippen molar-refractivity contribution >= 4 is 5.91 Å². The second-order valence-electron chi connectivity index (χ2n) is 5.79. The minimum Gasteiger partial charge on any atom is -0.377 e. The van der Waals surface area contributed by atoms with Crippen LogP contribution in [-0.2, 0) is 22.7 Å². The second kappa shape index (κ2) is 8.15. The molecule has 21 heavy (non-hydrogen) atoms. The monoisotopic (exact) mass is 290 g/mol. The van der Waals surface area contributed by atoms with E-state index in [4.69, 9.17) is 10.5 Å². The van der Waals surface area contributed by atoms with Crippen molar-refractivity contribution in [3.05, 3.63) is 35.4 Å². The van der Waals surface area contributed by atoms with Gasteiger partial charge in [-0.25, -0.2) is 0 Å².